The van der Waals surface area contributed by atoms with Gasteiger partial charge in [0, 0.05) is 5.54 Å². The number of hydrogen-bond donors (Lipinski definition) is 2. The highest BCUT2D eigenvalue weighted by molar-refractivity contribution is 5.85. The smallest absolute Gasteiger partial charge is 0.312 e. The lowest BCUT2D eigenvalue weighted by molar-refractivity contribution is -0.140. The van der Waals surface area contributed by atoms with Gasteiger partial charge in [-0.15, -0.1) is 12.4 Å². The van der Waals surface area contributed by atoms with Crippen molar-refractivity contribution in [1.82, 2.24) is 0 Å². The van der Waals surface area contributed by atoms with E-state index in [0.29, 0.717) is 0 Å². The molecule has 1 unspecified atom stereocenters. The van der Waals surface area contributed by atoms with Crippen LogP contribution >= 0.6 is 12.4 Å². The number of carboxylic acid groups (broad SMARTS) is 1. The van der Waals surface area contributed by atoms with Gasteiger partial charge in [-0.25, -0.2) is 0 Å². The van der Waals surface area contributed by atoms with E-state index in [9.17, 15) is 4.79 Å². The SMILES string of the molecule is CC(C)(N)C(C(=O)O)c1ccccc1.Cl. The Kier molecular flexibility index (Phi) is 4.78. The maximum absolute atomic E-state index is 11.1. The van der Waals surface area contributed by atoms with Gasteiger partial charge in [-0.3, -0.25) is 4.79 Å². The van der Waals surface area contributed by atoms with Crippen molar-refractivity contribution in [3.05, 3.63) is 35.9 Å². The average molecular weight is 230 g/mol. The van der Waals surface area contributed by atoms with Crippen molar-refractivity contribution in [2.24, 2.45) is 5.73 Å². The lowest BCUT2D eigenvalue weighted by Crippen LogP contribution is -2.43. The standard InChI is InChI=1S/C11H15NO2.ClH/c1-11(2,12)9(10(13)14)8-6-4-3-5-7-8;/h3-7,9H,12H2,1-2H3,(H,13,14);1H. The minimum Gasteiger partial charge on any atom is -0.481 e. The lowest BCUT2D eigenvalue weighted by Gasteiger charge is -2.27. The fraction of sp³-hybridized carbons (Fsp3) is 0.364. The molecule has 0 saturated heterocycles. The largest absolute Gasteiger partial charge is 0.481 e. The molecule has 0 spiro atoms. The van der Waals surface area contributed by atoms with Crippen molar-refractivity contribution in [2.75, 3.05) is 0 Å². The van der Waals surface area contributed by atoms with Crippen LogP contribution in [0.25, 0.3) is 0 Å². The second-order valence-corrected chi connectivity index (χ2v) is 4.00. The van der Waals surface area contributed by atoms with Gasteiger partial charge < -0.3 is 10.8 Å². The molecule has 0 aliphatic carbocycles. The van der Waals surface area contributed by atoms with Crippen molar-refractivity contribution in [3.8, 4) is 0 Å². The Morgan fingerprint density at radius 2 is 1.80 bits per heavy atom. The van der Waals surface area contributed by atoms with Crippen molar-refractivity contribution in [3.63, 3.8) is 0 Å². The Hall–Kier alpha value is -1.06. The number of aliphatic carboxylic acids is 1. The molecule has 0 aliphatic heterocycles. The van der Waals surface area contributed by atoms with Gasteiger partial charge in [-0.05, 0) is 19.4 Å². The number of nitrogens with two attached hydrogens (primary N) is 1. The molecule has 15 heavy (non-hydrogen) atoms. The normalized spacial score (nSPS) is 12.7. The van der Waals surface area contributed by atoms with Crippen LogP contribution in [0.15, 0.2) is 30.3 Å². The van der Waals surface area contributed by atoms with E-state index in [1.165, 1.54) is 0 Å². The van der Waals surface area contributed by atoms with Crippen molar-refractivity contribution >= 4 is 18.4 Å². The third-order valence-electron chi connectivity index (χ3n) is 2.12. The van der Waals surface area contributed by atoms with E-state index in [0.717, 1.165) is 5.56 Å². The first-order valence-electron chi connectivity index (χ1n) is 4.49. The fourth-order valence-electron chi connectivity index (χ4n) is 1.54. The molecule has 0 amide bonds. The molecule has 3 N–H and O–H groups in total. The zero-order valence-electron chi connectivity index (χ0n) is 8.81. The highest BCUT2D eigenvalue weighted by Crippen LogP contribution is 2.25. The zero-order valence-corrected chi connectivity index (χ0v) is 9.62. The summed E-state index contributed by atoms with van der Waals surface area (Å²) in [5.41, 5.74) is 5.82. The number of rotatable bonds is 3. The van der Waals surface area contributed by atoms with Crippen molar-refractivity contribution < 1.29 is 9.90 Å². The molecule has 0 radical (unpaired) electrons. The highest BCUT2D eigenvalue weighted by Gasteiger charge is 2.32. The van der Waals surface area contributed by atoms with Crippen LogP contribution in [0.5, 0.6) is 0 Å². The Bertz CT molecular complexity index is 319. The summed E-state index contributed by atoms with van der Waals surface area (Å²) in [7, 11) is 0. The Morgan fingerprint density at radius 1 is 1.33 bits per heavy atom. The molecule has 3 nitrogen and oxygen atoms in total. The summed E-state index contributed by atoms with van der Waals surface area (Å²) in [6.45, 7) is 3.44. The number of carboxylic acids is 1. The Morgan fingerprint density at radius 3 is 2.13 bits per heavy atom. The van der Waals surface area contributed by atoms with Gasteiger partial charge in [0.25, 0.3) is 0 Å². The number of hydrogen-bond acceptors (Lipinski definition) is 2. The van der Waals surface area contributed by atoms with E-state index in [1.54, 1.807) is 26.0 Å². The second-order valence-electron chi connectivity index (χ2n) is 4.00. The van der Waals surface area contributed by atoms with Gasteiger partial charge >= 0.3 is 5.97 Å². The predicted molar refractivity (Wildman–Crippen MR) is 62.3 cm³/mol. The van der Waals surface area contributed by atoms with Gasteiger partial charge in [0.05, 0.1) is 5.92 Å². The van der Waals surface area contributed by atoms with Gasteiger partial charge in [0.2, 0.25) is 0 Å². The molecule has 0 bridgehead atoms. The summed E-state index contributed by atoms with van der Waals surface area (Å²) < 4.78 is 0. The van der Waals surface area contributed by atoms with E-state index in [1.807, 2.05) is 18.2 Å². The number of halogens is 1. The molecule has 4 heteroatoms. The molecular weight excluding hydrogens is 214 g/mol. The van der Waals surface area contributed by atoms with Crippen LogP contribution in [-0.4, -0.2) is 16.6 Å². The van der Waals surface area contributed by atoms with Gasteiger partial charge in [0.1, 0.15) is 0 Å². The van der Waals surface area contributed by atoms with E-state index in [2.05, 4.69) is 0 Å². The molecular formula is C11H16ClNO2. The number of carbonyl (C=O) groups is 1. The van der Waals surface area contributed by atoms with Crippen LogP contribution in [0.3, 0.4) is 0 Å². The van der Waals surface area contributed by atoms with Gasteiger partial charge in [-0.1, -0.05) is 30.3 Å². The first-order chi connectivity index (χ1) is 6.43. The summed E-state index contributed by atoms with van der Waals surface area (Å²) in [4.78, 5) is 11.1. The molecule has 1 atom stereocenters. The quantitative estimate of drug-likeness (QED) is 0.834. The second kappa shape index (κ2) is 5.14. The average Bonchev–Trinajstić information content (AvgIpc) is 2.02. The molecule has 1 aromatic rings. The van der Waals surface area contributed by atoms with Crippen LogP contribution in [-0.2, 0) is 4.79 Å². The van der Waals surface area contributed by atoms with E-state index in [4.69, 9.17) is 10.8 Å². The first-order valence-corrected chi connectivity index (χ1v) is 4.49. The third-order valence-corrected chi connectivity index (χ3v) is 2.12. The topological polar surface area (TPSA) is 63.3 Å². The fourth-order valence-corrected chi connectivity index (χ4v) is 1.54. The Labute approximate surface area is 95.7 Å². The summed E-state index contributed by atoms with van der Waals surface area (Å²) >= 11 is 0. The molecule has 0 aromatic heterocycles. The van der Waals surface area contributed by atoms with E-state index >= 15 is 0 Å². The number of benzene rings is 1. The summed E-state index contributed by atoms with van der Waals surface area (Å²) in [5, 5.41) is 9.08. The summed E-state index contributed by atoms with van der Waals surface area (Å²) in [5.74, 6) is -1.55. The molecule has 0 saturated carbocycles. The lowest BCUT2D eigenvalue weighted by atomic mass is 9.83. The van der Waals surface area contributed by atoms with Gasteiger partial charge in [0.15, 0.2) is 0 Å². The molecule has 0 aliphatic rings. The monoisotopic (exact) mass is 229 g/mol. The molecule has 0 heterocycles. The summed E-state index contributed by atoms with van der Waals surface area (Å²) in [6, 6.07) is 9.06. The molecule has 1 rings (SSSR count). The molecule has 1 aromatic carbocycles. The van der Waals surface area contributed by atoms with E-state index < -0.39 is 17.4 Å². The Balaban J connectivity index is 0.00000196. The molecule has 0 fully saturated rings. The van der Waals surface area contributed by atoms with Crippen LogP contribution < -0.4 is 5.73 Å². The van der Waals surface area contributed by atoms with Gasteiger partial charge in [-0.2, -0.15) is 0 Å². The minimum atomic E-state index is -0.885. The van der Waals surface area contributed by atoms with E-state index in [-0.39, 0.29) is 12.4 Å². The third kappa shape index (κ3) is 3.53. The minimum absolute atomic E-state index is 0. The van der Waals surface area contributed by atoms with Crippen LogP contribution in [0.4, 0.5) is 0 Å². The maximum Gasteiger partial charge on any atom is 0.312 e. The predicted octanol–water partition coefficient (Wildman–Crippen LogP) is 2.01. The maximum atomic E-state index is 11.1. The van der Waals surface area contributed by atoms with Crippen LogP contribution in [0.1, 0.15) is 25.3 Å². The zero-order chi connectivity index (χ0) is 10.8. The van der Waals surface area contributed by atoms with Crippen LogP contribution in [0, 0.1) is 0 Å². The first kappa shape index (κ1) is 13.9. The highest BCUT2D eigenvalue weighted by atomic mass is 35.5. The summed E-state index contributed by atoms with van der Waals surface area (Å²) in [6.07, 6.45) is 0. The van der Waals surface area contributed by atoms with Crippen LogP contribution in [0.2, 0.25) is 0 Å². The van der Waals surface area contributed by atoms with Crippen molar-refractivity contribution in [1.29, 1.82) is 0 Å². The molecule has 84 valence electrons. The van der Waals surface area contributed by atoms with Crippen molar-refractivity contribution in [2.45, 2.75) is 25.3 Å².